The third kappa shape index (κ3) is 5.63. The number of oxazole rings is 1. The van der Waals surface area contributed by atoms with E-state index in [1.807, 2.05) is 42.5 Å². The van der Waals surface area contributed by atoms with Gasteiger partial charge >= 0.3 is 0 Å². The van der Waals surface area contributed by atoms with Crippen LogP contribution in [-0.4, -0.2) is 4.98 Å². The summed E-state index contributed by atoms with van der Waals surface area (Å²) in [6.07, 6.45) is 0. The lowest BCUT2D eigenvalue weighted by molar-refractivity contribution is 0.619. The minimum absolute atomic E-state index is 0.601. The van der Waals surface area contributed by atoms with Crippen molar-refractivity contribution in [1.29, 1.82) is 0 Å². The van der Waals surface area contributed by atoms with Gasteiger partial charge in [0.25, 0.3) is 0 Å². The van der Waals surface area contributed by atoms with Crippen LogP contribution in [-0.2, 0) is 0 Å². The number of hydrogen-bond donors (Lipinski definition) is 0. The first-order chi connectivity index (χ1) is 26.2. The van der Waals surface area contributed by atoms with Crippen molar-refractivity contribution in [3.05, 3.63) is 194 Å². The third-order valence-electron chi connectivity index (χ3n) is 9.91. The van der Waals surface area contributed by atoms with E-state index in [1.165, 1.54) is 22.3 Å². The van der Waals surface area contributed by atoms with Crippen LogP contribution in [0.2, 0.25) is 0 Å². The van der Waals surface area contributed by atoms with E-state index < -0.39 is 0 Å². The summed E-state index contributed by atoms with van der Waals surface area (Å²) in [6.45, 7) is 0. The van der Waals surface area contributed by atoms with E-state index in [1.54, 1.807) is 0 Å². The predicted molar refractivity (Wildman–Crippen MR) is 218 cm³/mol. The molecule has 0 radical (unpaired) electrons. The van der Waals surface area contributed by atoms with Crippen molar-refractivity contribution in [2.45, 2.75) is 0 Å². The summed E-state index contributed by atoms with van der Waals surface area (Å²) < 4.78 is 12.5. The number of hydrogen-bond acceptors (Lipinski definition) is 4. The molecule has 0 saturated carbocycles. The van der Waals surface area contributed by atoms with Gasteiger partial charge in [-0.15, -0.1) is 0 Å². The Balaban J connectivity index is 0.992. The van der Waals surface area contributed by atoms with Gasteiger partial charge in [-0.1, -0.05) is 115 Å². The molecule has 10 rings (SSSR count). The fourth-order valence-electron chi connectivity index (χ4n) is 7.28. The number of para-hydroxylation sites is 1. The van der Waals surface area contributed by atoms with Crippen LogP contribution in [0, 0.1) is 0 Å². The minimum Gasteiger partial charge on any atom is -0.456 e. The monoisotopic (exact) mass is 680 g/mol. The number of fused-ring (bicyclic) bond motifs is 5. The highest BCUT2D eigenvalue weighted by atomic mass is 16.4. The summed E-state index contributed by atoms with van der Waals surface area (Å²) >= 11 is 0. The van der Waals surface area contributed by atoms with E-state index in [0.717, 1.165) is 66.8 Å². The second kappa shape index (κ2) is 12.9. The molecule has 0 aliphatic heterocycles. The van der Waals surface area contributed by atoms with Crippen LogP contribution >= 0.6 is 0 Å². The van der Waals surface area contributed by atoms with Gasteiger partial charge in [0.15, 0.2) is 5.58 Å². The highest BCUT2D eigenvalue weighted by molar-refractivity contribution is 6.17. The minimum atomic E-state index is 0.601. The maximum absolute atomic E-state index is 6.29. The first-order valence-electron chi connectivity index (χ1n) is 17.8. The Hall–Kier alpha value is -7.17. The average Bonchev–Trinajstić information content (AvgIpc) is 3.84. The van der Waals surface area contributed by atoms with Crippen LogP contribution in [0.5, 0.6) is 0 Å². The van der Waals surface area contributed by atoms with E-state index in [0.29, 0.717) is 5.89 Å². The Bertz CT molecular complexity index is 2860. The quantitative estimate of drug-likeness (QED) is 0.168. The van der Waals surface area contributed by atoms with Gasteiger partial charge in [-0.25, -0.2) is 4.98 Å². The third-order valence-corrected chi connectivity index (χ3v) is 9.91. The molecule has 53 heavy (non-hydrogen) atoms. The van der Waals surface area contributed by atoms with Crippen molar-refractivity contribution >= 4 is 50.1 Å². The molecule has 0 aliphatic carbocycles. The number of furan rings is 1. The molecule has 0 unspecified atom stereocenters. The van der Waals surface area contributed by atoms with Crippen molar-refractivity contribution in [2.24, 2.45) is 0 Å². The number of anilines is 3. The zero-order valence-electron chi connectivity index (χ0n) is 28.7. The Labute approximate surface area is 306 Å². The van der Waals surface area contributed by atoms with E-state index in [2.05, 4.69) is 157 Å². The van der Waals surface area contributed by atoms with E-state index in [-0.39, 0.29) is 0 Å². The fourth-order valence-corrected chi connectivity index (χ4v) is 7.28. The molecule has 0 saturated heterocycles. The molecular formula is C49H32N2O2. The van der Waals surface area contributed by atoms with Crippen molar-refractivity contribution in [3.63, 3.8) is 0 Å². The number of rotatable bonds is 7. The summed E-state index contributed by atoms with van der Waals surface area (Å²) in [7, 11) is 0. The molecule has 0 aliphatic rings. The first-order valence-corrected chi connectivity index (χ1v) is 17.8. The van der Waals surface area contributed by atoms with E-state index in [9.17, 15) is 0 Å². The Morgan fingerprint density at radius 2 is 0.811 bits per heavy atom. The van der Waals surface area contributed by atoms with Crippen molar-refractivity contribution in [3.8, 4) is 44.8 Å². The van der Waals surface area contributed by atoms with Crippen molar-refractivity contribution in [1.82, 2.24) is 4.98 Å². The Morgan fingerprint density at radius 1 is 0.340 bits per heavy atom. The predicted octanol–water partition coefficient (Wildman–Crippen LogP) is 13.9. The summed E-state index contributed by atoms with van der Waals surface area (Å²) in [6, 6.07) is 67.7. The molecule has 0 amide bonds. The zero-order valence-corrected chi connectivity index (χ0v) is 28.7. The van der Waals surface area contributed by atoms with Crippen LogP contribution in [0.1, 0.15) is 0 Å². The molecule has 0 atom stereocenters. The molecule has 250 valence electrons. The summed E-state index contributed by atoms with van der Waals surface area (Å²) in [4.78, 5) is 7.23. The van der Waals surface area contributed by atoms with Crippen molar-refractivity contribution in [2.75, 3.05) is 4.90 Å². The lowest BCUT2D eigenvalue weighted by Crippen LogP contribution is -2.09. The molecule has 0 N–H and O–H groups in total. The second-order valence-electron chi connectivity index (χ2n) is 13.2. The highest BCUT2D eigenvalue weighted by Crippen LogP contribution is 2.40. The van der Waals surface area contributed by atoms with E-state index in [4.69, 9.17) is 13.8 Å². The van der Waals surface area contributed by atoms with Gasteiger partial charge < -0.3 is 13.7 Å². The summed E-state index contributed by atoms with van der Waals surface area (Å²) in [5.41, 5.74) is 14.4. The molecule has 8 aromatic carbocycles. The smallest absolute Gasteiger partial charge is 0.227 e. The molecule has 4 heteroatoms. The van der Waals surface area contributed by atoms with Crippen LogP contribution in [0.4, 0.5) is 17.1 Å². The first kappa shape index (κ1) is 30.6. The lowest BCUT2D eigenvalue weighted by atomic mass is 9.99. The molecule has 0 bridgehead atoms. The van der Waals surface area contributed by atoms with Gasteiger partial charge in [0.2, 0.25) is 5.89 Å². The molecule has 2 heterocycles. The lowest BCUT2D eigenvalue weighted by Gasteiger charge is -2.26. The standard InChI is InChI=1S/C49H32N2O2/c1-4-11-33(12-5-1)37-15-10-16-38(31-37)34-19-24-41(25-20-34)51(40-17-8-3-9-18-40)42-26-21-35(22-27-42)39-23-28-44-43(32-39)47-45(52-44)29-30-46-48(47)50-49(53-46)36-13-6-2-7-14-36/h1-32H. The van der Waals surface area contributed by atoms with Gasteiger partial charge in [0.1, 0.15) is 16.7 Å². The van der Waals surface area contributed by atoms with Crippen molar-refractivity contribution < 1.29 is 8.83 Å². The average molecular weight is 681 g/mol. The van der Waals surface area contributed by atoms with Gasteiger partial charge in [-0.05, 0) is 112 Å². The number of nitrogens with zero attached hydrogens (tertiary/aromatic N) is 2. The SMILES string of the molecule is c1ccc(-c2cccc(-c3ccc(N(c4ccccc4)c4ccc(-c5ccc6oc7ccc8oc(-c9ccccc9)nc8c7c6c5)cc4)cc3)c2)cc1. The van der Waals surface area contributed by atoms with E-state index >= 15 is 0 Å². The molecule has 2 aromatic heterocycles. The zero-order chi connectivity index (χ0) is 35.1. The molecule has 10 aromatic rings. The Kier molecular flexibility index (Phi) is 7.43. The Morgan fingerprint density at radius 3 is 1.45 bits per heavy atom. The fraction of sp³-hybridized carbons (Fsp3) is 0. The van der Waals surface area contributed by atoms with Gasteiger partial charge in [-0.2, -0.15) is 0 Å². The normalized spacial score (nSPS) is 11.4. The number of aromatic nitrogens is 1. The summed E-state index contributed by atoms with van der Waals surface area (Å²) in [5, 5.41) is 1.98. The summed E-state index contributed by atoms with van der Waals surface area (Å²) in [5.74, 6) is 0.601. The van der Waals surface area contributed by atoms with Crippen LogP contribution in [0.25, 0.3) is 77.9 Å². The molecule has 0 spiro atoms. The highest BCUT2D eigenvalue weighted by Gasteiger charge is 2.18. The topological polar surface area (TPSA) is 42.4 Å². The molecular weight excluding hydrogens is 649 g/mol. The van der Waals surface area contributed by atoms with Gasteiger partial charge in [0, 0.05) is 28.0 Å². The van der Waals surface area contributed by atoms with Gasteiger partial charge in [-0.3, -0.25) is 0 Å². The molecule has 0 fully saturated rings. The largest absolute Gasteiger partial charge is 0.456 e. The van der Waals surface area contributed by atoms with Crippen LogP contribution < -0.4 is 4.90 Å². The van der Waals surface area contributed by atoms with Gasteiger partial charge in [0.05, 0.1) is 5.39 Å². The molecule has 4 nitrogen and oxygen atoms in total. The number of benzene rings is 8. The maximum atomic E-state index is 6.29. The van der Waals surface area contributed by atoms with Crippen LogP contribution in [0.15, 0.2) is 203 Å². The van der Waals surface area contributed by atoms with Crippen LogP contribution in [0.3, 0.4) is 0 Å². The second-order valence-corrected chi connectivity index (χ2v) is 13.2. The maximum Gasteiger partial charge on any atom is 0.227 e.